The maximum Gasteiger partial charge on any atom is 0.294 e. The predicted molar refractivity (Wildman–Crippen MR) is 137 cm³/mol. The topological polar surface area (TPSA) is 75.7 Å². The number of hydrogen-bond acceptors (Lipinski definition) is 5. The molecule has 1 aliphatic rings. The fourth-order valence-corrected chi connectivity index (χ4v) is 4.59. The first-order valence-electron chi connectivity index (χ1n) is 11.2. The zero-order valence-corrected chi connectivity index (χ0v) is 20.1. The van der Waals surface area contributed by atoms with Crippen LogP contribution in [0.4, 0.5) is 10.5 Å². The molecule has 7 heteroatoms. The molecule has 0 atom stereocenters. The summed E-state index contributed by atoms with van der Waals surface area (Å²) in [6, 6.07) is 19.1. The van der Waals surface area contributed by atoms with Gasteiger partial charge in [0.05, 0.1) is 11.5 Å². The van der Waals surface area contributed by atoms with E-state index >= 15 is 0 Å². The molecule has 1 fully saturated rings. The Kier molecular flexibility index (Phi) is 7.03. The van der Waals surface area contributed by atoms with Crippen LogP contribution < -0.4 is 10.1 Å². The Labute approximate surface area is 203 Å². The minimum absolute atomic E-state index is 0.261. The summed E-state index contributed by atoms with van der Waals surface area (Å²) in [5.74, 6) is 0.101. The summed E-state index contributed by atoms with van der Waals surface area (Å²) in [4.78, 5) is 39.4. The summed E-state index contributed by atoms with van der Waals surface area (Å²) >= 11 is 0.828. The van der Waals surface area contributed by atoms with Gasteiger partial charge in [-0.15, -0.1) is 0 Å². The van der Waals surface area contributed by atoms with Crippen molar-refractivity contribution in [1.82, 2.24) is 4.90 Å². The van der Waals surface area contributed by atoms with E-state index in [2.05, 4.69) is 19.2 Å². The minimum atomic E-state index is -0.490. The van der Waals surface area contributed by atoms with Crippen molar-refractivity contribution in [2.24, 2.45) is 0 Å². The maximum atomic E-state index is 13.0. The molecule has 0 spiro atoms. The second kappa shape index (κ2) is 10.1. The summed E-state index contributed by atoms with van der Waals surface area (Å²) in [5.41, 5.74) is 2.52. The molecule has 0 saturated carbocycles. The molecule has 3 aromatic rings. The molecule has 3 aromatic carbocycles. The molecule has 1 heterocycles. The molecule has 3 amide bonds. The Hall–Kier alpha value is -3.58. The number of nitrogens with one attached hydrogen (secondary N) is 1. The quantitative estimate of drug-likeness (QED) is 0.423. The van der Waals surface area contributed by atoms with Crippen LogP contribution in [0.3, 0.4) is 0 Å². The normalized spacial score (nSPS) is 14.9. The Morgan fingerprint density at radius 3 is 2.50 bits per heavy atom. The van der Waals surface area contributed by atoms with E-state index in [0.29, 0.717) is 24.0 Å². The van der Waals surface area contributed by atoms with Crippen LogP contribution in [0.2, 0.25) is 0 Å². The lowest BCUT2D eigenvalue weighted by Crippen LogP contribution is -2.36. The second-order valence-electron chi connectivity index (χ2n) is 8.22. The van der Waals surface area contributed by atoms with Gasteiger partial charge in [-0.1, -0.05) is 56.3 Å². The largest absolute Gasteiger partial charge is 0.493 e. The van der Waals surface area contributed by atoms with Gasteiger partial charge in [-0.2, -0.15) is 0 Å². The van der Waals surface area contributed by atoms with Crippen molar-refractivity contribution in [2.75, 3.05) is 18.5 Å². The molecule has 0 bridgehead atoms. The number of carbonyl (C=O) groups is 3. The minimum Gasteiger partial charge on any atom is -0.493 e. The third-order valence-electron chi connectivity index (χ3n) is 5.54. The smallest absolute Gasteiger partial charge is 0.294 e. The van der Waals surface area contributed by atoms with Gasteiger partial charge in [-0.05, 0) is 65.2 Å². The molecular weight excluding hydrogens is 448 g/mol. The molecule has 0 aliphatic carbocycles. The van der Waals surface area contributed by atoms with Crippen LogP contribution in [-0.2, 0) is 9.59 Å². The standard InChI is InChI=1S/C27H26N2O4S/c1-4-33-23-14-11-19-7-5-6-8-21(19)22(23)15-24-26(31)29(27(32)34-24)16-25(30)28-20-12-9-18(10-13-20)17(2)3/h5-15,17H,4,16H2,1-3H3,(H,28,30)/b24-15+. The summed E-state index contributed by atoms with van der Waals surface area (Å²) < 4.78 is 5.77. The van der Waals surface area contributed by atoms with Crippen LogP contribution in [0.25, 0.3) is 16.8 Å². The van der Waals surface area contributed by atoms with E-state index in [1.165, 1.54) is 0 Å². The average Bonchev–Trinajstić information content (AvgIpc) is 3.08. The highest BCUT2D eigenvalue weighted by Crippen LogP contribution is 2.36. The van der Waals surface area contributed by atoms with E-state index in [-0.39, 0.29) is 11.4 Å². The van der Waals surface area contributed by atoms with Gasteiger partial charge in [0.15, 0.2) is 0 Å². The first kappa shape index (κ1) is 23.6. The predicted octanol–water partition coefficient (Wildman–Crippen LogP) is 6.04. The molecule has 1 saturated heterocycles. The van der Waals surface area contributed by atoms with Crippen molar-refractivity contribution in [3.8, 4) is 5.75 Å². The van der Waals surface area contributed by atoms with E-state index in [4.69, 9.17) is 4.74 Å². The number of nitrogens with zero attached hydrogens (tertiary/aromatic N) is 1. The Bertz CT molecular complexity index is 1280. The lowest BCUT2D eigenvalue weighted by atomic mass is 10.0. The van der Waals surface area contributed by atoms with Crippen molar-refractivity contribution in [3.63, 3.8) is 0 Å². The van der Waals surface area contributed by atoms with Gasteiger partial charge in [-0.25, -0.2) is 0 Å². The third-order valence-corrected chi connectivity index (χ3v) is 6.45. The van der Waals surface area contributed by atoms with E-state index in [1.807, 2.05) is 67.6 Å². The zero-order valence-electron chi connectivity index (χ0n) is 19.3. The molecule has 0 unspecified atom stereocenters. The number of thioether (sulfide) groups is 1. The van der Waals surface area contributed by atoms with E-state index in [1.54, 1.807) is 6.08 Å². The Morgan fingerprint density at radius 2 is 1.79 bits per heavy atom. The van der Waals surface area contributed by atoms with Crippen LogP contribution in [0.15, 0.2) is 65.6 Å². The van der Waals surface area contributed by atoms with Crippen molar-refractivity contribution in [3.05, 3.63) is 76.7 Å². The van der Waals surface area contributed by atoms with Crippen LogP contribution in [0, 0.1) is 0 Å². The van der Waals surface area contributed by atoms with Crippen LogP contribution in [-0.4, -0.2) is 35.1 Å². The van der Waals surface area contributed by atoms with E-state index in [9.17, 15) is 14.4 Å². The number of hydrogen-bond donors (Lipinski definition) is 1. The molecule has 0 radical (unpaired) electrons. The lowest BCUT2D eigenvalue weighted by molar-refractivity contribution is -0.127. The SMILES string of the molecule is CCOc1ccc2ccccc2c1/C=C1/SC(=O)N(CC(=O)Nc2ccc(C(C)C)cc2)C1=O. The molecular formula is C27H26N2O4S. The average molecular weight is 475 g/mol. The fraction of sp³-hybridized carbons (Fsp3) is 0.222. The molecule has 6 nitrogen and oxygen atoms in total. The summed E-state index contributed by atoms with van der Waals surface area (Å²) in [6.07, 6.45) is 1.68. The monoisotopic (exact) mass is 474 g/mol. The van der Waals surface area contributed by atoms with Crippen LogP contribution in [0.5, 0.6) is 5.75 Å². The number of rotatable bonds is 7. The highest BCUT2D eigenvalue weighted by atomic mass is 32.2. The third kappa shape index (κ3) is 4.99. The number of anilines is 1. The lowest BCUT2D eigenvalue weighted by Gasteiger charge is -2.13. The Morgan fingerprint density at radius 1 is 1.06 bits per heavy atom. The summed E-state index contributed by atoms with van der Waals surface area (Å²) in [6.45, 7) is 6.20. The van der Waals surface area contributed by atoms with Gasteiger partial charge in [-0.3, -0.25) is 19.3 Å². The fourth-order valence-electron chi connectivity index (χ4n) is 3.77. The number of ether oxygens (including phenoxy) is 1. The molecule has 0 aromatic heterocycles. The Balaban J connectivity index is 1.54. The zero-order chi connectivity index (χ0) is 24.2. The summed E-state index contributed by atoms with van der Waals surface area (Å²) in [5, 5.41) is 4.20. The van der Waals surface area contributed by atoms with Gasteiger partial charge in [0.2, 0.25) is 5.91 Å². The van der Waals surface area contributed by atoms with Gasteiger partial charge in [0, 0.05) is 11.3 Å². The van der Waals surface area contributed by atoms with Crippen molar-refractivity contribution < 1.29 is 19.1 Å². The van der Waals surface area contributed by atoms with Crippen molar-refractivity contribution in [2.45, 2.75) is 26.7 Å². The van der Waals surface area contributed by atoms with Crippen LogP contribution in [0.1, 0.15) is 37.8 Å². The summed E-state index contributed by atoms with van der Waals surface area (Å²) in [7, 11) is 0. The number of carbonyl (C=O) groups excluding carboxylic acids is 3. The first-order valence-corrected chi connectivity index (χ1v) is 12.0. The van der Waals surface area contributed by atoms with Crippen molar-refractivity contribution in [1.29, 1.82) is 0 Å². The molecule has 174 valence electrons. The van der Waals surface area contributed by atoms with Crippen molar-refractivity contribution >= 4 is 51.4 Å². The number of amides is 3. The maximum absolute atomic E-state index is 13.0. The highest BCUT2D eigenvalue weighted by Gasteiger charge is 2.36. The van der Waals surface area contributed by atoms with Gasteiger partial charge in [0.1, 0.15) is 12.3 Å². The van der Waals surface area contributed by atoms with E-state index < -0.39 is 17.1 Å². The highest BCUT2D eigenvalue weighted by molar-refractivity contribution is 8.18. The van der Waals surface area contributed by atoms with Gasteiger partial charge in [0.25, 0.3) is 11.1 Å². The van der Waals surface area contributed by atoms with E-state index in [0.717, 1.165) is 38.6 Å². The molecule has 4 rings (SSSR count). The molecule has 1 aliphatic heterocycles. The number of imide groups is 1. The molecule has 34 heavy (non-hydrogen) atoms. The number of fused-ring (bicyclic) bond motifs is 1. The van der Waals surface area contributed by atoms with Gasteiger partial charge >= 0.3 is 0 Å². The number of benzene rings is 3. The molecule has 1 N–H and O–H groups in total. The van der Waals surface area contributed by atoms with Crippen LogP contribution >= 0.6 is 11.8 Å². The first-order chi connectivity index (χ1) is 16.4. The second-order valence-corrected chi connectivity index (χ2v) is 9.22. The van der Waals surface area contributed by atoms with Gasteiger partial charge < -0.3 is 10.1 Å².